The summed E-state index contributed by atoms with van der Waals surface area (Å²) < 4.78 is 5.12. The Morgan fingerprint density at radius 3 is 2.16 bits per heavy atom. The lowest BCUT2D eigenvalue weighted by atomic mass is 9.72. The van der Waals surface area contributed by atoms with Gasteiger partial charge in [-0.25, -0.2) is 15.0 Å². The van der Waals surface area contributed by atoms with E-state index in [2.05, 4.69) is 57.3 Å². The van der Waals surface area contributed by atoms with Gasteiger partial charge in [0.15, 0.2) is 0 Å². The minimum absolute atomic E-state index is 0.0564. The molecule has 0 spiro atoms. The number of nitrogens with one attached hydrogen (secondary N) is 2. The Bertz CT molecular complexity index is 1520. The molecule has 0 aliphatic heterocycles. The molecule has 7 nitrogen and oxygen atoms in total. The number of aromatic nitrogens is 4. The van der Waals surface area contributed by atoms with Gasteiger partial charge in [0.05, 0.1) is 12.5 Å². The number of hydrogen-bond donors (Lipinski definition) is 2. The molecule has 0 saturated heterocycles. The van der Waals surface area contributed by atoms with Crippen LogP contribution in [0.3, 0.4) is 0 Å². The van der Waals surface area contributed by atoms with Gasteiger partial charge in [-0.05, 0) is 54.3 Å². The highest BCUT2D eigenvalue weighted by atomic mass is 16.5. The number of nitrogens with zero attached hydrogens (tertiary/aromatic N) is 3. The number of amides is 1. The van der Waals surface area contributed by atoms with E-state index in [1.165, 1.54) is 0 Å². The molecule has 0 radical (unpaired) electrons. The molecule has 5 rings (SSSR count). The molecule has 1 amide bonds. The van der Waals surface area contributed by atoms with Crippen LogP contribution in [0.4, 0.5) is 5.82 Å². The van der Waals surface area contributed by atoms with Crippen LogP contribution in [0.25, 0.3) is 33.3 Å². The third-order valence-electron chi connectivity index (χ3n) is 7.13. The number of H-pyrrole nitrogens is 1. The molecule has 5 aromatic rings. The number of carbonyl (C=O) groups is 1. The van der Waals surface area contributed by atoms with Gasteiger partial charge in [0.2, 0.25) is 11.8 Å². The normalized spacial score (nSPS) is 12.9. The first-order chi connectivity index (χ1) is 17.9. The molecular formula is C30H29N5O2. The summed E-state index contributed by atoms with van der Waals surface area (Å²) in [6, 6.07) is 19.7. The Labute approximate surface area is 216 Å². The SMILES string of the molecule is COc1ccc(-c2ccc(NC(=O)C(C)(c3ccc(-c4cnc5[nH]ccc5c4)cc3)C(C)C)nc2)cn1. The van der Waals surface area contributed by atoms with Crippen LogP contribution in [-0.4, -0.2) is 33.0 Å². The number of hydrogen-bond acceptors (Lipinski definition) is 5. The van der Waals surface area contributed by atoms with E-state index in [4.69, 9.17) is 4.74 Å². The molecule has 0 aliphatic rings. The molecular weight excluding hydrogens is 462 g/mol. The van der Waals surface area contributed by atoms with Gasteiger partial charge >= 0.3 is 0 Å². The van der Waals surface area contributed by atoms with Crippen molar-refractivity contribution in [3.63, 3.8) is 0 Å². The van der Waals surface area contributed by atoms with Crippen molar-refractivity contribution in [2.24, 2.45) is 5.92 Å². The van der Waals surface area contributed by atoms with E-state index in [-0.39, 0.29) is 11.8 Å². The predicted molar refractivity (Wildman–Crippen MR) is 146 cm³/mol. The van der Waals surface area contributed by atoms with Gasteiger partial charge in [-0.3, -0.25) is 4.79 Å². The molecule has 4 heterocycles. The van der Waals surface area contributed by atoms with Gasteiger partial charge in [0, 0.05) is 52.9 Å². The van der Waals surface area contributed by atoms with Gasteiger partial charge < -0.3 is 15.0 Å². The summed E-state index contributed by atoms with van der Waals surface area (Å²) >= 11 is 0. The van der Waals surface area contributed by atoms with Gasteiger partial charge in [-0.1, -0.05) is 38.1 Å². The maximum absolute atomic E-state index is 13.6. The summed E-state index contributed by atoms with van der Waals surface area (Å²) in [4.78, 5) is 29.9. The highest BCUT2D eigenvalue weighted by Gasteiger charge is 2.38. The lowest BCUT2D eigenvalue weighted by Gasteiger charge is -2.33. The fourth-order valence-electron chi connectivity index (χ4n) is 4.39. The molecule has 4 aromatic heterocycles. The number of anilines is 1. The molecule has 0 fully saturated rings. The second kappa shape index (κ2) is 9.85. The quantitative estimate of drug-likeness (QED) is 0.281. The van der Waals surface area contributed by atoms with Crippen LogP contribution in [0.2, 0.25) is 0 Å². The van der Waals surface area contributed by atoms with Crippen LogP contribution < -0.4 is 10.1 Å². The minimum atomic E-state index is -0.748. The summed E-state index contributed by atoms with van der Waals surface area (Å²) in [5, 5.41) is 4.09. The van der Waals surface area contributed by atoms with E-state index >= 15 is 0 Å². The second-order valence-corrected chi connectivity index (χ2v) is 9.55. The number of aromatic amines is 1. The number of carbonyl (C=O) groups excluding carboxylic acids is 1. The number of pyridine rings is 3. The van der Waals surface area contributed by atoms with Crippen LogP contribution in [0, 0.1) is 5.92 Å². The largest absolute Gasteiger partial charge is 0.481 e. The fraction of sp³-hybridized carbons (Fsp3) is 0.200. The third kappa shape index (κ3) is 4.68. The van der Waals surface area contributed by atoms with Crippen molar-refractivity contribution < 1.29 is 9.53 Å². The zero-order valence-electron chi connectivity index (χ0n) is 21.3. The van der Waals surface area contributed by atoms with Crippen LogP contribution in [0.15, 0.2) is 85.5 Å². The van der Waals surface area contributed by atoms with Crippen molar-refractivity contribution in [3.05, 3.63) is 91.0 Å². The van der Waals surface area contributed by atoms with Crippen molar-refractivity contribution in [2.75, 3.05) is 12.4 Å². The van der Waals surface area contributed by atoms with Crippen LogP contribution >= 0.6 is 0 Å². The lowest BCUT2D eigenvalue weighted by Crippen LogP contribution is -2.42. The number of benzene rings is 1. The Morgan fingerprint density at radius 1 is 0.865 bits per heavy atom. The van der Waals surface area contributed by atoms with Crippen LogP contribution in [-0.2, 0) is 10.2 Å². The molecule has 1 aromatic carbocycles. The standard InChI is InChI=1S/C30H29N5O2/c1-19(2)30(3,25-9-5-20(6-10-25)24-15-21-13-14-31-28(21)34-18-24)29(36)35-26-11-7-22(16-32-26)23-8-12-27(37-4)33-17-23/h5-19H,1-4H3,(H,31,34)(H,32,35,36). The Kier molecular flexibility index (Phi) is 6.44. The van der Waals surface area contributed by atoms with Gasteiger partial charge in [-0.2, -0.15) is 0 Å². The molecule has 7 heteroatoms. The molecule has 0 bridgehead atoms. The average molecular weight is 492 g/mol. The zero-order valence-corrected chi connectivity index (χ0v) is 21.3. The van der Waals surface area contributed by atoms with Crippen LogP contribution in [0.1, 0.15) is 26.3 Å². The van der Waals surface area contributed by atoms with Crippen molar-refractivity contribution in [2.45, 2.75) is 26.2 Å². The van der Waals surface area contributed by atoms with Gasteiger partial charge in [0.1, 0.15) is 11.5 Å². The number of methoxy groups -OCH3 is 1. The minimum Gasteiger partial charge on any atom is -0.481 e. The van der Waals surface area contributed by atoms with Gasteiger partial charge in [0.25, 0.3) is 0 Å². The highest BCUT2D eigenvalue weighted by molar-refractivity contribution is 5.98. The molecule has 1 unspecified atom stereocenters. The first kappa shape index (κ1) is 24.2. The summed E-state index contributed by atoms with van der Waals surface area (Å²) in [6.07, 6.45) is 7.21. The summed E-state index contributed by atoms with van der Waals surface area (Å²) in [5.74, 6) is 1.02. The van der Waals surface area contributed by atoms with Crippen molar-refractivity contribution in [3.8, 4) is 28.1 Å². The first-order valence-electron chi connectivity index (χ1n) is 12.2. The van der Waals surface area contributed by atoms with Crippen molar-refractivity contribution in [1.29, 1.82) is 0 Å². The first-order valence-corrected chi connectivity index (χ1v) is 12.2. The molecule has 0 saturated carbocycles. The van der Waals surface area contributed by atoms with Crippen LogP contribution in [0.5, 0.6) is 5.88 Å². The molecule has 186 valence electrons. The average Bonchev–Trinajstić information content (AvgIpc) is 3.41. The fourth-order valence-corrected chi connectivity index (χ4v) is 4.39. The Morgan fingerprint density at radius 2 is 1.54 bits per heavy atom. The molecule has 37 heavy (non-hydrogen) atoms. The van der Waals surface area contributed by atoms with E-state index in [9.17, 15) is 4.79 Å². The predicted octanol–water partition coefficient (Wildman–Crippen LogP) is 6.25. The topological polar surface area (TPSA) is 92.8 Å². The van der Waals surface area contributed by atoms with E-state index in [1.807, 2.05) is 55.7 Å². The van der Waals surface area contributed by atoms with E-state index < -0.39 is 5.41 Å². The van der Waals surface area contributed by atoms with Crippen molar-refractivity contribution >= 4 is 22.8 Å². The Balaban J connectivity index is 1.35. The van der Waals surface area contributed by atoms with Gasteiger partial charge in [-0.15, -0.1) is 0 Å². The molecule has 1 atom stereocenters. The van der Waals surface area contributed by atoms with Crippen molar-refractivity contribution in [1.82, 2.24) is 19.9 Å². The maximum atomic E-state index is 13.6. The zero-order chi connectivity index (χ0) is 26.0. The number of ether oxygens (including phenoxy) is 1. The van der Waals surface area contributed by atoms with E-state index in [1.54, 1.807) is 25.6 Å². The lowest BCUT2D eigenvalue weighted by molar-refractivity contribution is -0.122. The monoisotopic (exact) mass is 491 g/mol. The van der Waals surface area contributed by atoms with E-state index in [0.717, 1.165) is 38.9 Å². The molecule has 0 aliphatic carbocycles. The number of rotatable bonds is 7. The maximum Gasteiger partial charge on any atom is 0.236 e. The summed E-state index contributed by atoms with van der Waals surface area (Å²) in [5.41, 5.74) is 4.97. The summed E-state index contributed by atoms with van der Waals surface area (Å²) in [7, 11) is 1.58. The smallest absolute Gasteiger partial charge is 0.236 e. The third-order valence-corrected chi connectivity index (χ3v) is 7.13. The molecule has 2 N–H and O–H groups in total. The Hall–Kier alpha value is -4.52. The summed E-state index contributed by atoms with van der Waals surface area (Å²) in [6.45, 7) is 6.10. The second-order valence-electron chi connectivity index (χ2n) is 9.55. The highest BCUT2D eigenvalue weighted by Crippen LogP contribution is 2.35. The van der Waals surface area contributed by atoms with E-state index in [0.29, 0.717) is 11.7 Å². The number of fused-ring (bicyclic) bond motifs is 1.